The molecule has 3 amide bonds. The Morgan fingerprint density at radius 1 is 0.971 bits per heavy atom. The van der Waals surface area contributed by atoms with E-state index < -0.39 is 28.2 Å². The minimum absolute atomic E-state index is 0.199. The van der Waals surface area contributed by atoms with Gasteiger partial charge in [0, 0.05) is 18.7 Å². The van der Waals surface area contributed by atoms with Crippen molar-refractivity contribution in [1.29, 1.82) is 0 Å². The van der Waals surface area contributed by atoms with Gasteiger partial charge in [-0.25, -0.2) is 0 Å². The van der Waals surface area contributed by atoms with Gasteiger partial charge in [-0.2, -0.15) is 0 Å². The molecule has 0 spiro atoms. The van der Waals surface area contributed by atoms with Crippen molar-refractivity contribution in [3.63, 3.8) is 0 Å². The molecular formula is C28H30N2O4. The van der Waals surface area contributed by atoms with Gasteiger partial charge in [-0.3, -0.25) is 19.3 Å². The lowest BCUT2D eigenvalue weighted by Crippen LogP contribution is -2.67. The zero-order valence-electron chi connectivity index (χ0n) is 20.3. The number of piperidine rings is 1. The van der Waals surface area contributed by atoms with Crippen LogP contribution < -0.4 is 4.74 Å². The topological polar surface area (TPSA) is 66.9 Å². The molecule has 2 fully saturated rings. The molecule has 2 aromatic rings. The predicted octanol–water partition coefficient (Wildman–Crippen LogP) is 4.41. The molecule has 2 heterocycles. The van der Waals surface area contributed by atoms with Crippen LogP contribution in [-0.2, 0) is 14.4 Å². The molecule has 2 aromatic carbocycles. The maximum Gasteiger partial charge on any atom is 0.245 e. The first-order valence-corrected chi connectivity index (χ1v) is 11.7. The molecule has 6 nitrogen and oxygen atoms in total. The summed E-state index contributed by atoms with van der Waals surface area (Å²) in [5.74, 6) is -0.120. The number of likely N-dealkylation sites (tertiary alicyclic amines) is 1. The molecule has 176 valence electrons. The second-order valence-corrected chi connectivity index (χ2v) is 10.4. The second kappa shape index (κ2) is 7.29. The lowest BCUT2D eigenvalue weighted by Gasteiger charge is -2.53. The Morgan fingerprint density at radius 3 is 2.32 bits per heavy atom. The second-order valence-electron chi connectivity index (χ2n) is 10.4. The summed E-state index contributed by atoms with van der Waals surface area (Å²) >= 11 is 0. The number of imide groups is 1. The normalized spacial score (nSPS) is 29.3. The van der Waals surface area contributed by atoms with Gasteiger partial charge in [-0.05, 0) is 47.7 Å². The van der Waals surface area contributed by atoms with E-state index in [-0.39, 0.29) is 11.8 Å². The van der Waals surface area contributed by atoms with Crippen molar-refractivity contribution in [2.45, 2.75) is 39.7 Å². The first-order valence-electron chi connectivity index (χ1n) is 11.7. The van der Waals surface area contributed by atoms with Crippen LogP contribution in [0.5, 0.6) is 5.75 Å². The minimum atomic E-state index is -1.31. The van der Waals surface area contributed by atoms with Gasteiger partial charge in [-0.15, -0.1) is 0 Å². The number of amides is 3. The standard InChI is InChI=1S/C28H30N2O4/c1-26(2)27(3)15-16-28(26,24(32)29(4)23(27)31)25(33)30-17-14-18-8-6-7-9-21(18)22(30)19-10-12-20(34-5)13-11-19/h6-14,17,22H,15-16H2,1-5H3/t22-,27-,28+/m0/s1. The lowest BCUT2D eigenvalue weighted by molar-refractivity contribution is -0.182. The molecule has 2 aliphatic heterocycles. The fourth-order valence-corrected chi connectivity index (χ4v) is 6.34. The summed E-state index contributed by atoms with van der Waals surface area (Å²) in [5.41, 5.74) is 0.0272. The zero-order chi connectivity index (χ0) is 24.5. The molecule has 6 heteroatoms. The third-order valence-electron chi connectivity index (χ3n) is 8.91. The number of ether oxygens (including phenoxy) is 1. The summed E-state index contributed by atoms with van der Waals surface area (Å²) < 4.78 is 5.33. The molecule has 3 aliphatic rings. The molecule has 2 bridgehead atoms. The molecule has 0 radical (unpaired) electrons. The fourth-order valence-electron chi connectivity index (χ4n) is 6.34. The summed E-state index contributed by atoms with van der Waals surface area (Å²) in [6.45, 7) is 5.71. The molecule has 0 aromatic heterocycles. The first-order chi connectivity index (χ1) is 16.1. The van der Waals surface area contributed by atoms with Crippen molar-refractivity contribution in [3.05, 3.63) is 71.4 Å². The summed E-state index contributed by atoms with van der Waals surface area (Å²) in [6, 6.07) is 15.3. The van der Waals surface area contributed by atoms with E-state index in [1.54, 1.807) is 18.2 Å². The van der Waals surface area contributed by atoms with Crippen molar-refractivity contribution in [1.82, 2.24) is 9.80 Å². The van der Waals surface area contributed by atoms with E-state index in [1.165, 1.54) is 11.9 Å². The van der Waals surface area contributed by atoms with Gasteiger partial charge >= 0.3 is 0 Å². The molecule has 1 saturated heterocycles. The lowest BCUT2D eigenvalue weighted by atomic mass is 9.55. The molecular weight excluding hydrogens is 428 g/mol. The Morgan fingerprint density at radius 2 is 1.65 bits per heavy atom. The first kappa shape index (κ1) is 22.4. The number of carbonyl (C=O) groups is 3. The molecule has 3 atom stereocenters. The minimum Gasteiger partial charge on any atom is -0.497 e. The third kappa shape index (κ3) is 2.59. The quantitative estimate of drug-likeness (QED) is 0.505. The number of benzene rings is 2. The number of methoxy groups -OCH3 is 1. The van der Waals surface area contributed by atoms with Crippen molar-refractivity contribution < 1.29 is 19.1 Å². The summed E-state index contributed by atoms with van der Waals surface area (Å²) in [5, 5.41) is 0. The van der Waals surface area contributed by atoms with E-state index in [0.717, 1.165) is 22.4 Å². The maximum absolute atomic E-state index is 14.6. The number of fused-ring (bicyclic) bond motifs is 3. The summed E-state index contributed by atoms with van der Waals surface area (Å²) in [7, 11) is 3.13. The van der Waals surface area contributed by atoms with Crippen LogP contribution in [0.25, 0.3) is 6.08 Å². The van der Waals surface area contributed by atoms with Gasteiger partial charge in [0.1, 0.15) is 11.2 Å². The van der Waals surface area contributed by atoms with Crippen LogP contribution in [0.3, 0.4) is 0 Å². The fraction of sp³-hybridized carbons (Fsp3) is 0.393. The van der Waals surface area contributed by atoms with Gasteiger partial charge in [0.05, 0.1) is 18.6 Å². The van der Waals surface area contributed by atoms with Crippen LogP contribution >= 0.6 is 0 Å². The zero-order valence-corrected chi connectivity index (χ0v) is 20.3. The smallest absolute Gasteiger partial charge is 0.245 e. The van der Waals surface area contributed by atoms with Crippen LogP contribution in [0.2, 0.25) is 0 Å². The highest BCUT2D eigenvalue weighted by molar-refractivity contribution is 6.16. The highest BCUT2D eigenvalue weighted by Crippen LogP contribution is 2.67. The van der Waals surface area contributed by atoms with Gasteiger partial charge in [0.15, 0.2) is 0 Å². The van der Waals surface area contributed by atoms with E-state index in [1.807, 2.05) is 75.4 Å². The molecule has 1 saturated carbocycles. The molecule has 0 N–H and O–H groups in total. The number of carbonyl (C=O) groups excluding carboxylic acids is 3. The Kier molecular flexibility index (Phi) is 4.80. The Labute approximate surface area is 200 Å². The monoisotopic (exact) mass is 458 g/mol. The van der Waals surface area contributed by atoms with Gasteiger partial charge in [-0.1, -0.05) is 57.2 Å². The number of nitrogens with zero attached hydrogens (tertiary/aromatic N) is 2. The predicted molar refractivity (Wildman–Crippen MR) is 128 cm³/mol. The van der Waals surface area contributed by atoms with Crippen molar-refractivity contribution >= 4 is 23.8 Å². The molecule has 34 heavy (non-hydrogen) atoms. The molecule has 0 unspecified atom stereocenters. The van der Waals surface area contributed by atoms with Crippen molar-refractivity contribution in [2.75, 3.05) is 14.2 Å². The summed E-state index contributed by atoms with van der Waals surface area (Å²) in [6.07, 6.45) is 4.57. The Balaban J connectivity index is 1.67. The molecule has 1 aliphatic carbocycles. The number of hydrogen-bond acceptors (Lipinski definition) is 4. The van der Waals surface area contributed by atoms with Crippen LogP contribution in [0.1, 0.15) is 56.3 Å². The van der Waals surface area contributed by atoms with Crippen LogP contribution in [-0.4, -0.2) is 41.7 Å². The van der Waals surface area contributed by atoms with Gasteiger partial charge in [0.25, 0.3) is 0 Å². The average Bonchev–Trinajstić information content (AvgIpc) is 3.03. The van der Waals surface area contributed by atoms with E-state index in [4.69, 9.17) is 4.74 Å². The van der Waals surface area contributed by atoms with E-state index >= 15 is 0 Å². The largest absolute Gasteiger partial charge is 0.497 e. The Bertz CT molecular complexity index is 1230. The van der Waals surface area contributed by atoms with E-state index in [2.05, 4.69) is 0 Å². The SMILES string of the molecule is COc1ccc([C@H]2c3ccccc3C=CN2C(=O)[C@@]23CC[C@@](C)(C(=O)N(C)C2=O)C3(C)C)cc1. The number of rotatable bonds is 3. The highest BCUT2D eigenvalue weighted by Gasteiger charge is 2.75. The van der Waals surface area contributed by atoms with E-state index in [0.29, 0.717) is 12.8 Å². The Hall–Kier alpha value is -3.41. The average molecular weight is 459 g/mol. The van der Waals surface area contributed by atoms with Crippen molar-refractivity contribution in [2.24, 2.45) is 16.2 Å². The maximum atomic E-state index is 14.6. The third-order valence-corrected chi connectivity index (χ3v) is 8.91. The van der Waals surface area contributed by atoms with E-state index in [9.17, 15) is 14.4 Å². The number of hydrogen-bond donors (Lipinski definition) is 0. The highest BCUT2D eigenvalue weighted by atomic mass is 16.5. The van der Waals surface area contributed by atoms with Crippen LogP contribution in [0.15, 0.2) is 54.7 Å². The van der Waals surface area contributed by atoms with Gasteiger partial charge in [0.2, 0.25) is 17.7 Å². The summed E-state index contributed by atoms with van der Waals surface area (Å²) in [4.78, 5) is 44.3. The molecule has 5 rings (SSSR count). The van der Waals surface area contributed by atoms with Crippen molar-refractivity contribution in [3.8, 4) is 5.75 Å². The van der Waals surface area contributed by atoms with Gasteiger partial charge < -0.3 is 9.64 Å². The van der Waals surface area contributed by atoms with Crippen LogP contribution in [0.4, 0.5) is 0 Å². The van der Waals surface area contributed by atoms with Crippen LogP contribution in [0, 0.1) is 16.2 Å².